The largest absolute Gasteiger partial charge is 0.291 e. The van der Waals surface area contributed by atoms with E-state index in [2.05, 4.69) is 30.8 Å². The zero-order chi connectivity index (χ0) is 9.68. The molecule has 1 aliphatic heterocycles. The summed E-state index contributed by atoms with van der Waals surface area (Å²) in [5, 5.41) is 0. The van der Waals surface area contributed by atoms with Crippen LogP contribution in [-0.4, -0.2) is 43.2 Å². The topological polar surface area (TPSA) is 6.48 Å². The van der Waals surface area contributed by atoms with E-state index in [-0.39, 0.29) is 0 Å². The molecular formula is C11H24N2. The van der Waals surface area contributed by atoms with Crippen LogP contribution in [0.3, 0.4) is 0 Å². The molecule has 0 spiro atoms. The fraction of sp³-hybridized carbons (Fsp3) is 1.00. The summed E-state index contributed by atoms with van der Waals surface area (Å²) in [7, 11) is 4.48. The maximum Gasteiger partial charge on any atom is 0.0588 e. The average Bonchev–Trinajstić information content (AvgIpc) is 2.13. The van der Waals surface area contributed by atoms with Gasteiger partial charge in [0.25, 0.3) is 0 Å². The first-order valence-electron chi connectivity index (χ1n) is 5.62. The van der Waals surface area contributed by atoms with E-state index < -0.39 is 0 Å². The van der Waals surface area contributed by atoms with Crippen LogP contribution in [0, 0.1) is 0 Å². The highest BCUT2D eigenvalue weighted by Crippen LogP contribution is 2.11. The van der Waals surface area contributed by atoms with E-state index in [1.54, 1.807) is 0 Å². The Bertz CT molecular complexity index is 122. The number of nitrogens with zero attached hydrogens (tertiary/aromatic N) is 2. The van der Waals surface area contributed by atoms with E-state index in [1.165, 1.54) is 45.2 Å². The Morgan fingerprint density at radius 3 is 1.62 bits per heavy atom. The highest BCUT2D eigenvalue weighted by atomic mass is 15.3. The predicted molar refractivity (Wildman–Crippen MR) is 57.8 cm³/mol. The van der Waals surface area contributed by atoms with Gasteiger partial charge in [0.15, 0.2) is 0 Å². The van der Waals surface area contributed by atoms with Crippen LogP contribution in [0.15, 0.2) is 0 Å². The lowest BCUT2D eigenvalue weighted by Crippen LogP contribution is -2.43. The van der Waals surface area contributed by atoms with Gasteiger partial charge in [-0.2, -0.15) is 0 Å². The molecule has 1 aliphatic rings. The summed E-state index contributed by atoms with van der Waals surface area (Å²) in [6, 6.07) is 0. The quantitative estimate of drug-likeness (QED) is 0.569. The highest BCUT2D eigenvalue weighted by Gasteiger charge is 2.14. The summed E-state index contributed by atoms with van der Waals surface area (Å²) in [4.78, 5) is 4.93. The molecule has 1 rings (SSSR count). The third-order valence-corrected chi connectivity index (χ3v) is 3.30. The average molecular weight is 184 g/mol. The number of hydrogen-bond donors (Lipinski definition) is 0. The first kappa shape index (κ1) is 11.0. The van der Waals surface area contributed by atoms with Crippen molar-refractivity contribution in [1.82, 2.24) is 9.80 Å². The van der Waals surface area contributed by atoms with Crippen LogP contribution >= 0.6 is 0 Å². The van der Waals surface area contributed by atoms with Gasteiger partial charge in [0, 0.05) is 0 Å². The third-order valence-electron chi connectivity index (χ3n) is 3.30. The molecule has 2 heteroatoms. The molecule has 0 aliphatic carbocycles. The number of hydrogen-bond acceptors (Lipinski definition) is 2. The normalized spacial score (nSPS) is 26.1. The van der Waals surface area contributed by atoms with Crippen molar-refractivity contribution in [3.63, 3.8) is 0 Å². The zero-order valence-electron chi connectivity index (χ0n) is 9.42. The summed E-state index contributed by atoms with van der Waals surface area (Å²) >= 11 is 0. The number of rotatable bonds is 0. The maximum absolute atomic E-state index is 2.46. The summed E-state index contributed by atoms with van der Waals surface area (Å²) in [5.74, 6) is 0. The summed E-state index contributed by atoms with van der Waals surface area (Å²) in [5.41, 5.74) is 0. The van der Waals surface area contributed by atoms with E-state index in [1.807, 2.05) is 0 Å². The van der Waals surface area contributed by atoms with Crippen LogP contribution in [0.5, 0.6) is 0 Å². The molecule has 0 amide bonds. The third kappa shape index (κ3) is 3.65. The van der Waals surface area contributed by atoms with Crippen LogP contribution in [0.1, 0.15) is 39.0 Å². The summed E-state index contributed by atoms with van der Waals surface area (Å²) in [6.45, 7) is 4.82. The SMILES string of the molecule is CC1N(C)CCCCCCCN1C. The molecule has 0 radical (unpaired) electrons. The van der Waals surface area contributed by atoms with Gasteiger partial charge in [-0.3, -0.25) is 9.80 Å². The molecule has 1 heterocycles. The Labute approximate surface area is 82.9 Å². The second kappa shape index (κ2) is 5.61. The van der Waals surface area contributed by atoms with Gasteiger partial charge in [-0.1, -0.05) is 19.3 Å². The van der Waals surface area contributed by atoms with E-state index in [0.717, 1.165) is 0 Å². The van der Waals surface area contributed by atoms with Crippen LogP contribution in [-0.2, 0) is 0 Å². The van der Waals surface area contributed by atoms with Crippen molar-refractivity contribution in [3.05, 3.63) is 0 Å². The van der Waals surface area contributed by atoms with Gasteiger partial charge in [-0.15, -0.1) is 0 Å². The molecule has 0 N–H and O–H groups in total. The van der Waals surface area contributed by atoms with Gasteiger partial charge in [-0.05, 0) is 47.0 Å². The van der Waals surface area contributed by atoms with Gasteiger partial charge in [-0.25, -0.2) is 0 Å². The fourth-order valence-corrected chi connectivity index (χ4v) is 1.96. The molecule has 0 aromatic carbocycles. The Morgan fingerprint density at radius 1 is 0.769 bits per heavy atom. The second-order valence-electron chi connectivity index (χ2n) is 4.36. The monoisotopic (exact) mass is 184 g/mol. The molecule has 0 unspecified atom stereocenters. The first-order chi connectivity index (χ1) is 6.22. The molecular weight excluding hydrogens is 160 g/mol. The van der Waals surface area contributed by atoms with E-state index in [0.29, 0.717) is 6.17 Å². The molecule has 0 atom stereocenters. The fourth-order valence-electron chi connectivity index (χ4n) is 1.96. The molecule has 78 valence electrons. The van der Waals surface area contributed by atoms with Crippen molar-refractivity contribution in [2.24, 2.45) is 0 Å². The van der Waals surface area contributed by atoms with Crippen molar-refractivity contribution < 1.29 is 0 Å². The minimum Gasteiger partial charge on any atom is -0.291 e. The van der Waals surface area contributed by atoms with E-state index >= 15 is 0 Å². The van der Waals surface area contributed by atoms with Crippen LogP contribution in [0.25, 0.3) is 0 Å². The molecule has 13 heavy (non-hydrogen) atoms. The lowest BCUT2D eigenvalue weighted by atomic mass is 10.1. The Kier molecular flexibility index (Phi) is 4.74. The van der Waals surface area contributed by atoms with Gasteiger partial charge in [0.2, 0.25) is 0 Å². The van der Waals surface area contributed by atoms with E-state index in [9.17, 15) is 0 Å². The van der Waals surface area contributed by atoms with Crippen molar-refractivity contribution >= 4 is 0 Å². The Morgan fingerprint density at radius 2 is 1.15 bits per heavy atom. The van der Waals surface area contributed by atoms with Gasteiger partial charge < -0.3 is 0 Å². The molecule has 2 nitrogen and oxygen atoms in total. The maximum atomic E-state index is 2.46. The lowest BCUT2D eigenvalue weighted by molar-refractivity contribution is 0.0909. The van der Waals surface area contributed by atoms with Gasteiger partial charge in [0.1, 0.15) is 0 Å². The van der Waals surface area contributed by atoms with Crippen molar-refractivity contribution in [2.45, 2.75) is 45.2 Å². The second-order valence-corrected chi connectivity index (χ2v) is 4.36. The first-order valence-corrected chi connectivity index (χ1v) is 5.62. The zero-order valence-corrected chi connectivity index (χ0v) is 9.42. The van der Waals surface area contributed by atoms with E-state index in [4.69, 9.17) is 0 Å². The molecule has 0 aromatic rings. The lowest BCUT2D eigenvalue weighted by Gasteiger charge is -2.33. The van der Waals surface area contributed by atoms with Gasteiger partial charge >= 0.3 is 0 Å². The standard InChI is InChI=1S/C11H24N2/c1-11-12(2)9-7-5-4-6-8-10-13(11)3/h11H,4-10H2,1-3H3. The molecule has 1 fully saturated rings. The highest BCUT2D eigenvalue weighted by molar-refractivity contribution is 4.65. The predicted octanol–water partition coefficient (Wildman–Crippen LogP) is 2.16. The van der Waals surface area contributed by atoms with Crippen molar-refractivity contribution in [2.75, 3.05) is 27.2 Å². The summed E-state index contributed by atoms with van der Waals surface area (Å²) in [6.07, 6.45) is 7.61. The Hall–Kier alpha value is -0.0800. The van der Waals surface area contributed by atoms with Crippen LogP contribution in [0.4, 0.5) is 0 Å². The smallest absolute Gasteiger partial charge is 0.0588 e. The van der Waals surface area contributed by atoms with Gasteiger partial charge in [0.05, 0.1) is 6.17 Å². The molecule has 0 bridgehead atoms. The molecule has 1 saturated heterocycles. The van der Waals surface area contributed by atoms with Crippen molar-refractivity contribution in [1.29, 1.82) is 0 Å². The minimum atomic E-state index is 0.609. The van der Waals surface area contributed by atoms with Crippen LogP contribution in [0.2, 0.25) is 0 Å². The summed E-state index contributed by atoms with van der Waals surface area (Å²) < 4.78 is 0. The molecule has 0 saturated carbocycles. The Balaban J connectivity index is 2.40. The molecule has 0 aromatic heterocycles. The minimum absolute atomic E-state index is 0.609. The van der Waals surface area contributed by atoms with Crippen molar-refractivity contribution in [3.8, 4) is 0 Å². The van der Waals surface area contributed by atoms with Crippen LogP contribution < -0.4 is 0 Å².